The molecule has 1 heterocycles. The Labute approximate surface area is 187 Å². The second-order valence-corrected chi connectivity index (χ2v) is 9.99. The predicted molar refractivity (Wildman–Crippen MR) is 122 cm³/mol. The molecule has 0 spiro atoms. The van der Waals surface area contributed by atoms with E-state index in [4.69, 9.17) is 5.73 Å². The molecule has 32 heavy (non-hydrogen) atoms. The highest BCUT2D eigenvalue weighted by atomic mass is 32.2. The first-order chi connectivity index (χ1) is 15.2. The fourth-order valence-corrected chi connectivity index (χ4v) is 5.90. The molecule has 2 atom stereocenters. The van der Waals surface area contributed by atoms with E-state index >= 15 is 0 Å². The van der Waals surface area contributed by atoms with Crippen LogP contribution in [-0.2, 0) is 26.0 Å². The molecule has 0 bridgehead atoms. The van der Waals surface area contributed by atoms with Crippen molar-refractivity contribution in [3.63, 3.8) is 0 Å². The van der Waals surface area contributed by atoms with Crippen LogP contribution >= 0.6 is 0 Å². The molecule has 3 aromatic carbocycles. The number of nitrogens with two attached hydrogens (primary N) is 1. The molecule has 0 radical (unpaired) electrons. The number of nitrogens with one attached hydrogen (secondary N) is 1. The summed E-state index contributed by atoms with van der Waals surface area (Å²) in [5.74, 6) is -1.21. The van der Waals surface area contributed by atoms with Gasteiger partial charge in [0.1, 0.15) is 11.6 Å². The molecule has 4 rings (SSSR count). The molecular formula is C24H25N3O4S. The average Bonchev–Trinajstić information content (AvgIpc) is 2.76. The highest BCUT2D eigenvalue weighted by Crippen LogP contribution is 2.40. The Balaban J connectivity index is 1.74. The summed E-state index contributed by atoms with van der Waals surface area (Å²) in [6.45, 7) is 1.69. The molecule has 8 heteroatoms. The number of hydrogen-bond donors (Lipinski definition) is 2. The minimum Gasteiger partial charge on any atom is -0.368 e. The van der Waals surface area contributed by atoms with Crippen LogP contribution in [0, 0.1) is 0 Å². The standard InChI is InChI=1S/C24H25N3O4S/c1-17(22(25)28)26-23(29)24(16-18-7-3-2-4-8-18)13-14-27(24)32(30,31)21-12-11-19-9-5-6-10-20(19)15-21/h2-12,15,17H,13-14,16H2,1H3,(H2,25,28)(H,26,29)/t17-,24+/m0/s1. The Morgan fingerprint density at radius 3 is 2.31 bits per heavy atom. The van der Waals surface area contributed by atoms with Gasteiger partial charge in [-0.1, -0.05) is 60.7 Å². The maximum absolute atomic E-state index is 13.6. The van der Waals surface area contributed by atoms with Crippen molar-refractivity contribution in [1.29, 1.82) is 0 Å². The van der Waals surface area contributed by atoms with Crippen molar-refractivity contribution < 1.29 is 18.0 Å². The molecule has 0 aliphatic carbocycles. The molecule has 1 fully saturated rings. The van der Waals surface area contributed by atoms with Crippen LogP contribution in [0.15, 0.2) is 77.7 Å². The molecule has 1 aliphatic rings. The van der Waals surface area contributed by atoms with E-state index in [0.29, 0.717) is 6.42 Å². The van der Waals surface area contributed by atoms with Gasteiger partial charge in [0.25, 0.3) is 0 Å². The fourth-order valence-electron chi connectivity index (χ4n) is 4.10. The highest BCUT2D eigenvalue weighted by Gasteiger charge is 2.56. The van der Waals surface area contributed by atoms with E-state index in [9.17, 15) is 18.0 Å². The van der Waals surface area contributed by atoms with Crippen molar-refractivity contribution in [2.75, 3.05) is 6.54 Å². The Bertz CT molecular complexity index is 1280. The van der Waals surface area contributed by atoms with E-state index < -0.39 is 33.4 Å². The second kappa shape index (κ2) is 8.37. The number of rotatable bonds is 7. The first kappa shape index (κ1) is 22.0. The van der Waals surface area contributed by atoms with Crippen LogP contribution in [-0.4, -0.2) is 42.7 Å². The molecule has 166 valence electrons. The summed E-state index contributed by atoms with van der Waals surface area (Å²) in [4.78, 5) is 25.0. The number of nitrogens with zero attached hydrogens (tertiary/aromatic N) is 1. The van der Waals surface area contributed by atoms with Gasteiger partial charge in [0.05, 0.1) is 4.90 Å². The van der Waals surface area contributed by atoms with Gasteiger partial charge < -0.3 is 11.1 Å². The Morgan fingerprint density at radius 1 is 1.03 bits per heavy atom. The number of carbonyl (C=O) groups is 2. The van der Waals surface area contributed by atoms with E-state index in [0.717, 1.165) is 16.3 Å². The molecule has 0 aromatic heterocycles. The molecule has 3 N–H and O–H groups in total. The highest BCUT2D eigenvalue weighted by molar-refractivity contribution is 7.89. The van der Waals surface area contributed by atoms with Gasteiger partial charge in [-0.2, -0.15) is 4.31 Å². The van der Waals surface area contributed by atoms with Crippen molar-refractivity contribution >= 4 is 32.6 Å². The second-order valence-electron chi connectivity index (χ2n) is 8.13. The number of benzene rings is 3. The van der Waals surface area contributed by atoms with E-state index in [1.165, 1.54) is 11.2 Å². The lowest BCUT2D eigenvalue weighted by Gasteiger charge is -2.50. The van der Waals surface area contributed by atoms with Crippen LogP contribution in [0.5, 0.6) is 0 Å². The lowest BCUT2D eigenvalue weighted by Crippen LogP contribution is -2.71. The number of carbonyl (C=O) groups excluding carboxylic acids is 2. The largest absolute Gasteiger partial charge is 0.368 e. The van der Waals surface area contributed by atoms with Crippen molar-refractivity contribution in [3.8, 4) is 0 Å². The maximum atomic E-state index is 13.6. The van der Waals surface area contributed by atoms with Crippen LogP contribution in [0.4, 0.5) is 0 Å². The third-order valence-electron chi connectivity index (χ3n) is 6.05. The first-order valence-corrected chi connectivity index (χ1v) is 11.8. The topological polar surface area (TPSA) is 110 Å². The molecule has 0 saturated carbocycles. The van der Waals surface area contributed by atoms with Crippen molar-refractivity contribution in [3.05, 3.63) is 78.4 Å². The molecule has 2 amide bonds. The number of fused-ring (bicyclic) bond motifs is 1. The van der Waals surface area contributed by atoms with Crippen molar-refractivity contribution in [2.24, 2.45) is 5.73 Å². The normalized spacial score (nSPS) is 19.8. The van der Waals surface area contributed by atoms with Crippen LogP contribution < -0.4 is 11.1 Å². The summed E-state index contributed by atoms with van der Waals surface area (Å²) in [7, 11) is -3.97. The van der Waals surface area contributed by atoms with Gasteiger partial charge in [0.2, 0.25) is 21.8 Å². The summed E-state index contributed by atoms with van der Waals surface area (Å²) >= 11 is 0. The lowest BCUT2D eigenvalue weighted by atomic mass is 9.80. The van der Waals surface area contributed by atoms with Gasteiger partial charge in [0.15, 0.2) is 0 Å². The smallest absolute Gasteiger partial charge is 0.244 e. The molecule has 1 aliphatic heterocycles. The van der Waals surface area contributed by atoms with E-state index in [1.54, 1.807) is 18.2 Å². The van der Waals surface area contributed by atoms with Crippen molar-refractivity contribution in [2.45, 2.75) is 36.2 Å². The fraction of sp³-hybridized carbons (Fsp3) is 0.250. The number of hydrogen-bond acceptors (Lipinski definition) is 4. The Hall–Kier alpha value is -3.23. The SMILES string of the molecule is C[C@H](NC(=O)[C@]1(Cc2ccccc2)CCN1S(=O)(=O)c1ccc2ccccc2c1)C(N)=O. The zero-order valence-corrected chi connectivity index (χ0v) is 18.5. The summed E-state index contributed by atoms with van der Waals surface area (Å²) in [5, 5.41) is 4.34. The van der Waals surface area contributed by atoms with Crippen LogP contribution in [0.3, 0.4) is 0 Å². The minimum absolute atomic E-state index is 0.129. The summed E-state index contributed by atoms with van der Waals surface area (Å²) in [5.41, 5.74) is 4.81. The monoisotopic (exact) mass is 451 g/mol. The number of primary amides is 1. The summed E-state index contributed by atoms with van der Waals surface area (Å²) in [6, 6.07) is 20.8. The molecule has 0 unspecified atom stereocenters. The number of sulfonamides is 1. The third-order valence-corrected chi connectivity index (χ3v) is 8.01. The van der Waals surface area contributed by atoms with E-state index in [-0.39, 0.29) is 17.9 Å². The van der Waals surface area contributed by atoms with Gasteiger partial charge in [-0.05, 0) is 41.8 Å². The Kier molecular flexibility index (Phi) is 5.75. The lowest BCUT2D eigenvalue weighted by molar-refractivity contribution is -0.139. The summed E-state index contributed by atoms with van der Waals surface area (Å²) < 4.78 is 28.5. The third kappa shape index (κ3) is 3.87. The van der Waals surface area contributed by atoms with Gasteiger partial charge in [-0.15, -0.1) is 0 Å². The first-order valence-electron chi connectivity index (χ1n) is 10.4. The molecule has 7 nitrogen and oxygen atoms in total. The Morgan fingerprint density at radius 2 is 1.69 bits per heavy atom. The van der Waals surface area contributed by atoms with Gasteiger partial charge in [-0.3, -0.25) is 9.59 Å². The molecule has 1 saturated heterocycles. The molecular weight excluding hydrogens is 426 g/mol. The van der Waals surface area contributed by atoms with Gasteiger partial charge in [-0.25, -0.2) is 8.42 Å². The minimum atomic E-state index is -3.97. The maximum Gasteiger partial charge on any atom is 0.244 e. The van der Waals surface area contributed by atoms with E-state index in [2.05, 4.69) is 5.32 Å². The quantitative estimate of drug-likeness (QED) is 0.574. The van der Waals surface area contributed by atoms with Crippen molar-refractivity contribution in [1.82, 2.24) is 9.62 Å². The zero-order valence-electron chi connectivity index (χ0n) is 17.7. The summed E-state index contributed by atoms with van der Waals surface area (Å²) in [6.07, 6.45) is 0.532. The van der Waals surface area contributed by atoms with Crippen LogP contribution in [0.25, 0.3) is 10.8 Å². The van der Waals surface area contributed by atoms with Gasteiger partial charge in [0, 0.05) is 13.0 Å². The predicted octanol–water partition coefficient (Wildman–Crippen LogP) is 2.21. The average molecular weight is 452 g/mol. The van der Waals surface area contributed by atoms with E-state index in [1.807, 2.05) is 54.6 Å². The molecule has 3 aromatic rings. The van der Waals surface area contributed by atoms with Gasteiger partial charge >= 0.3 is 0 Å². The van der Waals surface area contributed by atoms with Crippen LogP contribution in [0.2, 0.25) is 0 Å². The zero-order chi connectivity index (χ0) is 22.9. The van der Waals surface area contributed by atoms with Crippen LogP contribution in [0.1, 0.15) is 18.9 Å². The number of amides is 2.